The number of benzene rings is 2. The maximum Gasteiger partial charge on any atom is 0.262 e. The minimum absolute atomic E-state index is 0.232. The van der Waals surface area contributed by atoms with E-state index in [1.54, 1.807) is 6.07 Å². The SMILES string of the molecule is CCc1cccc(C)c1NC(=O)CN1C(=O)c2ccc(Cl)cc2C1=O. The Labute approximate surface area is 150 Å². The van der Waals surface area contributed by atoms with E-state index < -0.39 is 17.7 Å². The quantitative estimate of drug-likeness (QED) is 0.853. The number of para-hydroxylation sites is 1. The van der Waals surface area contributed by atoms with Gasteiger partial charge in [-0.15, -0.1) is 0 Å². The van der Waals surface area contributed by atoms with Crippen molar-refractivity contribution >= 4 is 35.0 Å². The van der Waals surface area contributed by atoms with Crippen molar-refractivity contribution in [2.45, 2.75) is 20.3 Å². The largest absolute Gasteiger partial charge is 0.324 e. The number of rotatable bonds is 4. The topological polar surface area (TPSA) is 66.5 Å². The van der Waals surface area contributed by atoms with Crippen molar-refractivity contribution < 1.29 is 14.4 Å². The van der Waals surface area contributed by atoms with E-state index in [2.05, 4.69) is 5.32 Å². The molecule has 6 heteroatoms. The van der Waals surface area contributed by atoms with Gasteiger partial charge in [0, 0.05) is 10.7 Å². The Morgan fingerprint density at radius 3 is 2.56 bits per heavy atom. The summed E-state index contributed by atoms with van der Waals surface area (Å²) in [6, 6.07) is 10.3. The number of hydrogen-bond donors (Lipinski definition) is 1. The van der Waals surface area contributed by atoms with Gasteiger partial charge in [0.05, 0.1) is 11.1 Å². The van der Waals surface area contributed by atoms with E-state index in [-0.39, 0.29) is 17.7 Å². The Kier molecular flexibility index (Phi) is 4.59. The normalized spacial score (nSPS) is 13.2. The van der Waals surface area contributed by atoms with Crippen LogP contribution < -0.4 is 5.32 Å². The van der Waals surface area contributed by atoms with Gasteiger partial charge in [0.1, 0.15) is 6.54 Å². The first-order valence-electron chi connectivity index (χ1n) is 7.96. The second-order valence-electron chi connectivity index (χ2n) is 5.90. The summed E-state index contributed by atoms with van der Waals surface area (Å²) in [5, 5.41) is 3.20. The lowest BCUT2D eigenvalue weighted by atomic mass is 10.1. The monoisotopic (exact) mass is 356 g/mol. The summed E-state index contributed by atoms with van der Waals surface area (Å²) in [5.41, 5.74) is 3.17. The number of halogens is 1. The van der Waals surface area contributed by atoms with Gasteiger partial charge in [-0.3, -0.25) is 19.3 Å². The van der Waals surface area contributed by atoms with Gasteiger partial charge in [-0.1, -0.05) is 36.7 Å². The maximum atomic E-state index is 12.4. The lowest BCUT2D eigenvalue weighted by Gasteiger charge is -2.16. The first-order chi connectivity index (χ1) is 11.9. The molecule has 1 N–H and O–H groups in total. The average molecular weight is 357 g/mol. The summed E-state index contributed by atoms with van der Waals surface area (Å²) >= 11 is 5.89. The molecule has 0 bridgehead atoms. The van der Waals surface area contributed by atoms with Crippen LogP contribution in [-0.4, -0.2) is 29.2 Å². The molecular formula is C19H17ClN2O3. The van der Waals surface area contributed by atoms with Crippen molar-refractivity contribution in [1.82, 2.24) is 4.90 Å². The van der Waals surface area contributed by atoms with Crippen molar-refractivity contribution in [1.29, 1.82) is 0 Å². The molecule has 0 radical (unpaired) electrons. The number of aryl methyl sites for hydroxylation is 2. The molecule has 0 aliphatic carbocycles. The van der Waals surface area contributed by atoms with E-state index in [4.69, 9.17) is 11.6 Å². The molecule has 0 saturated carbocycles. The van der Waals surface area contributed by atoms with Crippen LogP contribution >= 0.6 is 11.6 Å². The van der Waals surface area contributed by atoms with Gasteiger partial charge in [0.25, 0.3) is 11.8 Å². The number of fused-ring (bicyclic) bond motifs is 1. The van der Waals surface area contributed by atoms with Gasteiger partial charge >= 0.3 is 0 Å². The number of imide groups is 1. The Balaban J connectivity index is 1.79. The lowest BCUT2D eigenvalue weighted by Crippen LogP contribution is -2.37. The first kappa shape index (κ1) is 17.2. The summed E-state index contributed by atoms with van der Waals surface area (Å²) in [6.45, 7) is 3.57. The van der Waals surface area contributed by atoms with Crippen LogP contribution in [0.1, 0.15) is 38.8 Å². The van der Waals surface area contributed by atoms with Crippen LogP contribution in [0.5, 0.6) is 0 Å². The first-order valence-corrected chi connectivity index (χ1v) is 8.34. The standard InChI is InChI=1S/C19H17ClN2O3/c1-3-12-6-4-5-11(2)17(12)21-16(23)10-22-18(24)14-8-7-13(20)9-15(14)19(22)25/h4-9H,3,10H2,1-2H3,(H,21,23). The Morgan fingerprint density at radius 2 is 1.84 bits per heavy atom. The van der Waals surface area contributed by atoms with Crippen LogP contribution in [-0.2, 0) is 11.2 Å². The molecule has 0 spiro atoms. The van der Waals surface area contributed by atoms with Crippen LogP contribution in [0.4, 0.5) is 5.69 Å². The number of carbonyl (C=O) groups is 3. The van der Waals surface area contributed by atoms with E-state index >= 15 is 0 Å². The zero-order chi connectivity index (χ0) is 18.1. The van der Waals surface area contributed by atoms with E-state index in [9.17, 15) is 14.4 Å². The third-order valence-electron chi connectivity index (χ3n) is 4.24. The predicted molar refractivity (Wildman–Crippen MR) is 96.0 cm³/mol. The smallest absolute Gasteiger partial charge is 0.262 e. The molecule has 2 aromatic carbocycles. The Morgan fingerprint density at radius 1 is 1.12 bits per heavy atom. The molecule has 25 heavy (non-hydrogen) atoms. The van der Waals surface area contributed by atoms with Crippen molar-refractivity contribution in [3.05, 3.63) is 63.7 Å². The van der Waals surface area contributed by atoms with Gasteiger partial charge in [-0.25, -0.2) is 0 Å². The fraction of sp³-hybridized carbons (Fsp3) is 0.211. The molecular weight excluding hydrogens is 340 g/mol. The number of anilines is 1. The molecule has 5 nitrogen and oxygen atoms in total. The molecule has 0 fully saturated rings. The number of hydrogen-bond acceptors (Lipinski definition) is 3. The molecule has 3 amide bonds. The van der Waals surface area contributed by atoms with Gasteiger partial charge in [0.2, 0.25) is 5.91 Å². The lowest BCUT2D eigenvalue weighted by molar-refractivity contribution is -0.116. The number of nitrogens with zero attached hydrogens (tertiary/aromatic N) is 1. The van der Waals surface area contributed by atoms with Crippen LogP contribution in [0.25, 0.3) is 0 Å². The number of nitrogens with one attached hydrogen (secondary N) is 1. The third-order valence-corrected chi connectivity index (χ3v) is 4.47. The third kappa shape index (κ3) is 3.15. The molecule has 0 saturated heterocycles. The molecule has 2 aromatic rings. The molecule has 0 aromatic heterocycles. The number of amides is 3. The fourth-order valence-electron chi connectivity index (χ4n) is 2.93. The molecule has 1 heterocycles. The summed E-state index contributed by atoms with van der Waals surface area (Å²) in [6.07, 6.45) is 0.767. The van der Waals surface area contributed by atoms with E-state index in [1.807, 2.05) is 32.0 Å². The molecule has 3 rings (SSSR count). The Hall–Kier alpha value is -2.66. The van der Waals surface area contributed by atoms with Crippen LogP contribution in [0.15, 0.2) is 36.4 Å². The molecule has 1 aliphatic rings. The zero-order valence-electron chi connectivity index (χ0n) is 13.9. The van der Waals surface area contributed by atoms with Crippen molar-refractivity contribution in [3.8, 4) is 0 Å². The molecule has 128 valence electrons. The minimum Gasteiger partial charge on any atom is -0.324 e. The van der Waals surface area contributed by atoms with E-state index in [1.165, 1.54) is 12.1 Å². The second-order valence-corrected chi connectivity index (χ2v) is 6.33. The highest BCUT2D eigenvalue weighted by atomic mass is 35.5. The second kappa shape index (κ2) is 6.69. The van der Waals surface area contributed by atoms with Crippen LogP contribution in [0.2, 0.25) is 5.02 Å². The summed E-state index contributed by atoms with van der Waals surface area (Å²) in [5.74, 6) is -1.39. The van der Waals surface area contributed by atoms with Gasteiger partial charge in [-0.05, 0) is 42.7 Å². The van der Waals surface area contributed by atoms with Crippen LogP contribution in [0.3, 0.4) is 0 Å². The van der Waals surface area contributed by atoms with E-state index in [0.29, 0.717) is 5.02 Å². The molecule has 0 atom stereocenters. The van der Waals surface area contributed by atoms with Crippen molar-refractivity contribution in [3.63, 3.8) is 0 Å². The Bertz CT molecular complexity index is 892. The van der Waals surface area contributed by atoms with Crippen LogP contribution in [0, 0.1) is 6.92 Å². The number of carbonyl (C=O) groups excluding carboxylic acids is 3. The maximum absolute atomic E-state index is 12.4. The predicted octanol–water partition coefficient (Wildman–Crippen LogP) is 3.45. The highest BCUT2D eigenvalue weighted by Gasteiger charge is 2.36. The van der Waals surface area contributed by atoms with Crippen molar-refractivity contribution in [2.24, 2.45) is 0 Å². The molecule has 0 unspecified atom stereocenters. The summed E-state index contributed by atoms with van der Waals surface area (Å²) in [7, 11) is 0. The average Bonchev–Trinajstić information content (AvgIpc) is 2.81. The zero-order valence-corrected chi connectivity index (χ0v) is 14.7. The highest BCUT2D eigenvalue weighted by Crippen LogP contribution is 2.26. The fourth-order valence-corrected chi connectivity index (χ4v) is 3.10. The molecule has 1 aliphatic heterocycles. The van der Waals surface area contributed by atoms with Crippen molar-refractivity contribution in [2.75, 3.05) is 11.9 Å². The van der Waals surface area contributed by atoms with Gasteiger partial charge in [-0.2, -0.15) is 0 Å². The summed E-state index contributed by atoms with van der Waals surface area (Å²) < 4.78 is 0. The van der Waals surface area contributed by atoms with Gasteiger partial charge in [0.15, 0.2) is 0 Å². The minimum atomic E-state index is -0.502. The van der Waals surface area contributed by atoms with E-state index in [0.717, 1.165) is 28.1 Å². The highest BCUT2D eigenvalue weighted by molar-refractivity contribution is 6.32. The summed E-state index contributed by atoms with van der Waals surface area (Å²) in [4.78, 5) is 38.1. The van der Waals surface area contributed by atoms with Gasteiger partial charge < -0.3 is 5.32 Å².